The first-order chi connectivity index (χ1) is 8.84. The number of halogens is 5. The lowest BCUT2D eigenvalue weighted by Crippen LogP contribution is -1.97. The zero-order valence-corrected chi connectivity index (χ0v) is 11.0. The molecular formula is C10H2BrClF3NO3. The van der Waals surface area contributed by atoms with E-state index in [2.05, 4.69) is 25.6 Å². The Kier molecular flexibility index (Phi) is 3.55. The molecule has 0 fully saturated rings. The first kappa shape index (κ1) is 13.9. The van der Waals surface area contributed by atoms with Crippen molar-refractivity contribution in [2.24, 2.45) is 0 Å². The van der Waals surface area contributed by atoms with Gasteiger partial charge < -0.3 is 9.63 Å². The van der Waals surface area contributed by atoms with Crippen molar-refractivity contribution in [2.75, 3.05) is 0 Å². The molecule has 0 atom stereocenters. The summed E-state index contributed by atoms with van der Waals surface area (Å²) in [5, 5.41) is 10.8. The van der Waals surface area contributed by atoms with E-state index in [0.717, 1.165) is 6.07 Å². The van der Waals surface area contributed by atoms with E-state index in [4.69, 9.17) is 16.7 Å². The molecule has 1 aromatic heterocycles. The van der Waals surface area contributed by atoms with Crippen molar-refractivity contribution < 1.29 is 27.6 Å². The van der Waals surface area contributed by atoms with Crippen LogP contribution in [0.5, 0.6) is 0 Å². The monoisotopic (exact) mass is 355 g/mol. The SMILES string of the molecule is O=C(O)c1cc(-c2c(F)c(F)c(Cl)c(F)c2Br)no1. The molecule has 100 valence electrons. The smallest absolute Gasteiger partial charge is 0.374 e. The van der Waals surface area contributed by atoms with E-state index >= 15 is 0 Å². The van der Waals surface area contributed by atoms with Crippen LogP contribution in [0, 0.1) is 17.5 Å². The van der Waals surface area contributed by atoms with Crippen LogP contribution in [0.2, 0.25) is 5.02 Å². The third kappa shape index (κ3) is 2.21. The molecule has 0 radical (unpaired) electrons. The van der Waals surface area contributed by atoms with Crippen LogP contribution in [0.1, 0.15) is 10.6 Å². The van der Waals surface area contributed by atoms with Gasteiger partial charge in [-0.05, 0) is 15.9 Å². The summed E-state index contributed by atoms with van der Waals surface area (Å²) in [6.07, 6.45) is 0. The Labute approximate surface area is 116 Å². The van der Waals surface area contributed by atoms with Gasteiger partial charge in [0.25, 0.3) is 0 Å². The molecule has 0 spiro atoms. The molecule has 0 saturated heterocycles. The van der Waals surface area contributed by atoms with Gasteiger partial charge in [0.05, 0.1) is 10.0 Å². The van der Waals surface area contributed by atoms with Crippen LogP contribution < -0.4 is 0 Å². The van der Waals surface area contributed by atoms with Gasteiger partial charge in [-0.3, -0.25) is 0 Å². The number of benzene rings is 1. The van der Waals surface area contributed by atoms with Gasteiger partial charge in [-0.2, -0.15) is 0 Å². The Morgan fingerprint density at radius 1 is 1.32 bits per heavy atom. The van der Waals surface area contributed by atoms with Gasteiger partial charge in [-0.25, -0.2) is 18.0 Å². The van der Waals surface area contributed by atoms with Crippen LogP contribution in [0.25, 0.3) is 11.3 Å². The van der Waals surface area contributed by atoms with E-state index in [-0.39, 0.29) is 5.69 Å². The fourth-order valence-electron chi connectivity index (χ4n) is 1.32. The first-order valence-electron chi connectivity index (χ1n) is 4.56. The lowest BCUT2D eigenvalue weighted by atomic mass is 10.1. The maximum Gasteiger partial charge on any atom is 0.374 e. The van der Waals surface area contributed by atoms with Crippen LogP contribution in [-0.2, 0) is 0 Å². The third-order valence-electron chi connectivity index (χ3n) is 2.19. The highest BCUT2D eigenvalue weighted by atomic mass is 79.9. The van der Waals surface area contributed by atoms with Crippen molar-refractivity contribution in [3.63, 3.8) is 0 Å². The molecule has 4 nitrogen and oxygen atoms in total. The molecule has 2 aromatic rings. The number of carbonyl (C=O) groups is 1. The summed E-state index contributed by atoms with van der Waals surface area (Å²) in [6.45, 7) is 0. The number of hydrogen-bond acceptors (Lipinski definition) is 3. The Balaban J connectivity index is 2.71. The third-order valence-corrected chi connectivity index (χ3v) is 3.26. The van der Waals surface area contributed by atoms with Gasteiger partial charge >= 0.3 is 5.97 Å². The standard InChI is InChI=1S/C10H2BrClF3NO3/c11-5-4(2-1-3(10(17)18)19-16-2)7(13)9(15)6(12)8(5)14/h1H,(H,17,18). The zero-order chi connectivity index (χ0) is 14.3. The van der Waals surface area contributed by atoms with E-state index in [1.807, 2.05) is 0 Å². The van der Waals surface area contributed by atoms with Crippen molar-refractivity contribution in [3.05, 3.63) is 38.8 Å². The Morgan fingerprint density at radius 3 is 2.47 bits per heavy atom. The van der Waals surface area contributed by atoms with Gasteiger partial charge in [-0.15, -0.1) is 0 Å². The van der Waals surface area contributed by atoms with Crippen LogP contribution >= 0.6 is 27.5 Å². The highest BCUT2D eigenvalue weighted by molar-refractivity contribution is 9.10. The van der Waals surface area contributed by atoms with Crippen molar-refractivity contribution in [1.82, 2.24) is 5.16 Å². The first-order valence-corrected chi connectivity index (χ1v) is 5.73. The predicted octanol–water partition coefficient (Wildman–Crippen LogP) is 3.87. The average molecular weight is 356 g/mol. The second-order valence-electron chi connectivity index (χ2n) is 3.33. The summed E-state index contributed by atoms with van der Waals surface area (Å²) in [5.74, 6) is -6.35. The number of carboxylic acid groups (broad SMARTS) is 1. The minimum Gasteiger partial charge on any atom is -0.475 e. The summed E-state index contributed by atoms with van der Waals surface area (Å²) in [5.41, 5.74) is -0.994. The second-order valence-corrected chi connectivity index (χ2v) is 4.50. The molecule has 1 N–H and O–H groups in total. The van der Waals surface area contributed by atoms with Gasteiger partial charge in [0, 0.05) is 6.07 Å². The quantitative estimate of drug-likeness (QED) is 0.655. The molecule has 1 aromatic carbocycles. The van der Waals surface area contributed by atoms with E-state index in [1.165, 1.54) is 0 Å². The molecule has 1 heterocycles. The molecule has 0 saturated carbocycles. The molecule has 2 rings (SSSR count). The zero-order valence-electron chi connectivity index (χ0n) is 8.68. The number of nitrogens with zero attached hydrogens (tertiary/aromatic N) is 1. The van der Waals surface area contributed by atoms with Crippen molar-refractivity contribution in [2.45, 2.75) is 0 Å². The van der Waals surface area contributed by atoms with Gasteiger partial charge in [-0.1, -0.05) is 16.8 Å². The van der Waals surface area contributed by atoms with Gasteiger partial charge in [0.15, 0.2) is 17.5 Å². The summed E-state index contributed by atoms with van der Waals surface area (Å²) < 4.78 is 44.5. The Morgan fingerprint density at radius 2 is 1.95 bits per heavy atom. The van der Waals surface area contributed by atoms with Gasteiger partial charge in [0.1, 0.15) is 10.7 Å². The fraction of sp³-hybridized carbons (Fsp3) is 0. The average Bonchev–Trinajstić information content (AvgIpc) is 2.84. The Hall–Kier alpha value is -1.54. The number of aromatic nitrogens is 1. The minimum atomic E-state index is -1.60. The van der Waals surface area contributed by atoms with E-state index < -0.39 is 44.2 Å². The van der Waals surface area contributed by atoms with Crippen molar-refractivity contribution in [3.8, 4) is 11.3 Å². The molecule has 0 aliphatic rings. The minimum absolute atomic E-state index is 0.378. The molecule has 0 aliphatic heterocycles. The summed E-state index contributed by atoms with van der Waals surface area (Å²) in [6, 6.07) is 0.832. The molecule has 0 bridgehead atoms. The molecule has 9 heteroatoms. The fourth-order valence-corrected chi connectivity index (χ4v) is 2.19. The predicted molar refractivity (Wildman–Crippen MR) is 61.5 cm³/mol. The summed E-state index contributed by atoms with van der Waals surface area (Å²) in [4.78, 5) is 10.6. The number of aromatic carboxylic acids is 1. The van der Waals surface area contributed by atoms with Gasteiger partial charge in [0.2, 0.25) is 5.76 Å². The lowest BCUT2D eigenvalue weighted by Gasteiger charge is -2.07. The van der Waals surface area contributed by atoms with E-state index in [9.17, 15) is 18.0 Å². The van der Waals surface area contributed by atoms with Crippen LogP contribution in [-0.4, -0.2) is 16.2 Å². The normalized spacial score (nSPS) is 10.8. The topological polar surface area (TPSA) is 63.3 Å². The second kappa shape index (κ2) is 4.86. The van der Waals surface area contributed by atoms with E-state index in [0.29, 0.717) is 0 Å². The number of rotatable bonds is 2. The molecule has 19 heavy (non-hydrogen) atoms. The molecule has 0 amide bonds. The summed E-state index contributed by atoms with van der Waals surface area (Å²) >= 11 is 7.95. The highest BCUT2D eigenvalue weighted by Crippen LogP contribution is 2.38. The lowest BCUT2D eigenvalue weighted by molar-refractivity contribution is 0.0652. The van der Waals surface area contributed by atoms with E-state index in [1.54, 1.807) is 0 Å². The molecule has 0 unspecified atom stereocenters. The highest BCUT2D eigenvalue weighted by Gasteiger charge is 2.26. The Bertz CT molecular complexity index is 660. The maximum absolute atomic E-state index is 13.7. The largest absolute Gasteiger partial charge is 0.475 e. The van der Waals surface area contributed by atoms with Crippen LogP contribution in [0.4, 0.5) is 13.2 Å². The van der Waals surface area contributed by atoms with Crippen LogP contribution in [0.15, 0.2) is 15.1 Å². The molecule has 0 aliphatic carbocycles. The van der Waals surface area contributed by atoms with Crippen molar-refractivity contribution >= 4 is 33.5 Å². The number of carboxylic acids is 1. The van der Waals surface area contributed by atoms with Crippen molar-refractivity contribution in [1.29, 1.82) is 0 Å². The molecular weight excluding hydrogens is 354 g/mol. The summed E-state index contributed by atoms with van der Waals surface area (Å²) in [7, 11) is 0. The van der Waals surface area contributed by atoms with Crippen LogP contribution in [0.3, 0.4) is 0 Å². The maximum atomic E-state index is 13.7. The number of hydrogen-bond donors (Lipinski definition) is 1.